The Balaban J connectivity index is 2.57. The number of hydrogen-bond acceptors (Lipinski definition) is 2. The second kappa shape index (κ2) is 5.85. The minimum Gasteiger partial charge on any atom is -0.390 e. The van der Waals surface area contributed by atoms with E-state index in [0.29, 0.717) is 0 Å². The third-order valence-corrected chi connectivity index (χ3v) is 3.88. The second-order valence-electron chi connectivity index (χ2n) is 5.97. The third-order valence-electron chi connectivity index (χ3n) is 3.88. The van der Waals surface area contributed by atoms with Gasteiger partial charge in [0, 0.05) is 24.9 Å². The summed E-state index contributed by atoms with van der Waals surface area (Å²) in [6.07, 6.45) is 4.05. The van der Waals surface area contributed by atoms with E-state index >= 15 is 0 Å². The molecule has 0 bridgehead atoms. The van der Waals surface area contributed by atoms with Crippen molar-refractivity contribution in [3.05, 3.63) is 0 Å². The van der Waals surface area contributed by atoms with Crippen LogP contribution in [0.3, 0.4) is 0 Å². The van der Waals surface area contributed by atoms with E-state index in [-0.39, 0.29) is 17.7 Å². The van der Waals surface area contributed by atoms with Gasteiger partial charge in [0.15, 0.2) is 0 Å². The third kappa shape index (κ3) is 3.98. The first kappa shape index (κ1) is 14.5. The van der Waals surface area contributed by atoms with E-state index in [4.69, 9.17) is 0 Å². The van der Waals surface area contributed by atoms with Crippen LogP contribution in [0.25, 0.3) is 0 Å². The van der Waals surface area contributed by atoms with Gasteiger partial charge in [-0.3, -0.25) is 4.79 Å². The maximum Gasteiger partial charge on any atom is 0.225 e. The molecule has 17 heavy (non-hydrogen) atoms. The summed E-state index contributed by atoms with van der Waals surface area (Å²) in [5, 5.41) is 10.0. The molecule has 1 rings (SSSR count). The number of aliphatic hydroxyl groups is 1. The molecule has 0 spiro atoms. The molecule has 1 heterocycles. The van der Waals surface area contributed by atoms with Crippen LogP contribution >= 0.6 is 0 Å². The Kier molecular flexibility index (Phi) is 4.99. The number of amides is 1. The minimum atomic E-state index is -0.674. The molecule has 100 valence electrons. The molecule has 1 saturated heterocycles. The Morgan fingerprint density at radius 3 is 2.71 bits per heavy atom. The Labute approximate surface area is 105 Å². The molecule has 0 saturated carbocycles. The molecule has 0 aromatic carbocycles. The molecule has 2 atom stereocenters. The van der Waals surface area contributed by atoms with Crippen LogP contribution in [0.2, 0.25) is 0 Å². The Bertz CT molecular complexity index is 257. The fraction of sp³-hybridized carbons (Fsp3) is 0.929. The lowest BCUT2D eigenvalue weighted by Gasteiger charge is -2.39. The van der Waals surface area contributed by atoms with Crippen molar-refractivity contribution in [2.75, 3.05) is 13.1 Å². The highest BCUT2D eigenvalue weighted by Crippen LogP contribution is 2.27. The quantitative estimate of drug-likeness (QED) is 0.821. The molecule has 1 aliphatic rings. The number of likely N-dealkylation sites (tertiary alicyclic amines) is 1. The highest BCUT2D eigenvalue weighted by Gasteiger charge is 2.33. The molecule has 3 nitrogen and oxygen atoms in total. The number of hydrogen-bond donors (Lipinski definition) is 1. The lowest BCUT2D eigenvalue weighted by molar-refractivity contribution is -0.139. The lowest BCUT2D eigenvalue weighted by atomic mass is 9.84. The Hall–Kier alpha value is -0.570. The maximum absolute atomic E-state index is 12.2. The van der Waals surface area contributed by atoms with Crippen molar-refractivity contribution < 1.29 is 9.90 Å². The molecule has 2 unspecified atom stereocenters. The lowest BCUT2D eigenvalue weighted by Crippen LogP contribution is -2.48. The molecule has 1 amide bonds. The van der Waals surface area contributed by atoms with Crippen LogP contribution in [0.1, 0.15) is 53.4 Å². The summed E-state index contributed by atoms with van der Waals surface area (Å²) < 4.78 is 0. The fourth-order valence-electron chi connectivity index (χ4n) is 2.62. The number of carbonyl (C=O) groups excluding carboxylic acids is 1. The molecular weight excluding hydrogens is 214 g/mol. The molecule has 0 aromatic rings. The van der Waals surface area contributed by atoms with E-state index in [1.807, 2.05) is 25.7 Å². The van der Waals surface area contributed by atoms with Gasteiger partial charge >= 0.3 is 0 Å². The molecular formula is C14H27NO2. The average molecular weight is 241 g/mol. The van der Waals surface area contributed by atoms with E-state index in [2.05, 4.69) is 6.92 Å². The van der Waals surface area contributed by atoms with Crippen molar-refractivity contribution in [3.8, 4) is 0 Å². The van der Waals surface area contributed by atoms with E-state index in [1.165, 1.54) is 0 Å². The van der Waals surface area contributed by atoms with Gasteiger partial charge in [0.05, 0.1) is 5.60 Å². The van der Waals surface area contributed by atoms with Gasteiger partial charge in [0.25, 0.3) is 0 Å². The zero-order valence-electron chi connectivity index (χ0n) is 11.7. The largest absolute Gasteiger partial charge is 0.390 e. The first-order valence-electron chi connectivity index (χ1n) is 6.87. The van der Waals surface area contributed by atoms with Crippen molar-refractivity contribution >= 4 is 5.91 Å². The summed E-state index contributed by atoms with van der Waals surface area (Å²) in [5.41, 5.74) is -0.674. The van der Waals surface area contributed by atoms with Crippen molar-refractivity contribution in [2.45, 2.75) is 59.0 Å². The van der Waals surface area contributed by atoms with Crippen molar-refractivity contribution in [3.63, 3.8) is 0 Å². The van der Waals surface area contributed by atoms with E-state index in [0.717, 1.165) is 38.8 Å². The highest BCUT2D eigenvalue weighted by molar-refractivity contribution is 5.78. The van der Waals surface area contributed by atoms with Gasteiger partial charge in [0.2, 0.25) is 5.91 Å². The summed E-state index contributed by atoms with van der Waals surface area (Å²) in [4.78, 5) is 14.2. The molecule has 1 fully saturated rings. The molecule has 0 radical (unpaired) electrons. The fourth-order valence-corrected chi connectivity index (χ4v) is 2.62. The van der Waals surface area contributed by atoms with Crippen LogP contribution < -0.4 is 0 Å². The topological polar surface area (TPSA) is 40.5 Å². The second-order valence-corrected chi connectivity index (χ2v) is 5.97. The Morgan fingerprint density at radius 1 is 1.53 bits per heavy atom. The monoisotopic (exact) mass is 241 g/mol. The number of carbonyl (C=O) groups is 1. The zero-order chi connectivity index (χ0) is 13.1. The normalized spacial score (nSPS) is 23.6. The average Bonchev–Trinajstić information content (AvgIpc) is 2.27. The predicted molar refractivity (Wildman–Crippen MR) is 69.7 cm³/mol. The summed E-state index contributed by atoms with van der Waals surface area (Å²) >= 11 is 0. The van der Waals surface area contributed by atoms with Gasteiger partial charge in [-0.15, -0.1) is 0 Å². The van der Waals surface area contributed by atoms with Crippen molar-refractivity contribution in [1.29, 1.82) is 0 Å². The smallest absolute Gasteiger partial charge is 0.225 e. The van der Waals surface area contributed by atoms with Crippen molar-refractivity contribution in [1.82, 2.24) is 4.90 Å². The van der Waals surface area contributed by atoms with Gasteiger partial charge in [0.1, 0.15) is 0 Å². The van der Waals surface area contributed by atoms with Gasteiger partial charge in [-0.2, -0.15) is 0 Å². The molecule has 0 aliphatic carbocycles. The van der Waals surface area contributed by atoms with Gasteiger partial charge < -0.3 is 10.0 Å². The van der Waals surface area contributed by atoms with Crippen LogP contribution in [0.15, 0.2) is 0 Å². The molecule has 0 aromatic heterocycles. The van der Waals surface area contributed by atoms with Gasteiger partial charge in [-0.1, -0.05) is 20.3 Å². The van der Waals surface area contributed by atoms with E-state index < -0.39 is 5.60 Å². The standard InChI is InChI=1S/C14H27NO2/c1-5-7-11(2)13(16)15-9-6-8-12(10-15)14(3,4)17/h11-12,17H,5-10H2,1-4H3. The number of piperidine rings is 1. The Morgan fingerprint density at radius 2 is 2.18 bits per heavy atom. The van der Waals surface area contributed by atoms with Crippen LogP contribution in [0.4, 0.5) is 0 Å². The maximum atomic E-state index is 12.2. The van der Waals surface area contributed by atoms with E-state index in [1.54, 1.807) is 0 Å². The van der Waals surface area contributed by atoms with Crippen LogP contribution in [-0.2, 0) is 4.79 Å². The predicted octanol–water partition coefficient (Wildman–Crippen LogP) is 2.43. The zero-order valence-corrected chi connectivity index (χ0v) is 11.7. The van der Waals surface area contributed by atoms with Gasteiger partial charge in [-0.25, -0.2) is 0 Å². The SMILES string of the molecule is CCCC(C)C(=O)N1CCCC(C(C)(C)O)C1. The first-order chi connectivity index (χ1) is 7.86. The molecule has 3 heteroatoms. The van der Waals surface area contributed by atoms with E-state index in [9.17, 15) is 9.90 Å². The number of rotatable bonds is 4. The first-order valence-corrected chi connectivity index (χ1v) is 6.87. The van der Waals surface area contributed by atoms with Crippen LogP contribution in [0.5, 0.6) is 0 Å². The molecule has 1 N–H and O–H groups in total. The van der Waals surface area contributed by atoms with Crippen molar-refractivity contribution in [2.24, 2.45) is 11.8 Å². The minimum absolute atomic E-state index is 0.126. The summed E-state index contributed by atoms with van der Waals surface area (Å²) in [6, 6.07) is 0. The van der Waals surface area contributed by atoms with Gasteiger partial charge in [-0.05, 0) is 33.1 Å². The highest BCUT2D eigenvalue weighted by atomic mass is 16.3. The molecule has 1 aliphatic heterocycles. The number of nitrogens with zero attached hydrogens (tertiary/aromatic N) is 1. The van der Waals surface area contributed by atoms with Crippen LogP contribution in [-0.4, -0.2) is 34.6 Å². The summed E-state index contributed by atoms with van der Waals surface area (Å²) in [6.45, 7) is 9.40. The summed E-state index contributed by atoms with van der Waals surface area (Å²) in [5.74, 6) is 0.607. The van der Waals surface area contributed by atoms with Crippen LogP contribution in [0, 0.1) is 11.8 Å². The summed E-state index contributed by atoms with van der Waals surface area (Å²) in [7, 11) is 0.